The zero-order valence-corrected chi connectivity index (χ0v) is 6.56. The fourth-order valence-electron chi connectivity index (χ4n) is 1.27. The number of Topliss-reactive ketones (excluding diaryl/α,β-unsaturated/α-hetero) is 1. The fourth-order valence-corrected chi connectivity index (χ4v) is 1.27. The van der Waals surface area contributed by atoms with E-state index in [1.165, 1.54) is 6.92 Å². The van der Waals surface area contributed by atoms with E-state index in [0.717, 1.165) is 0 Å². The number of hydrogen-bond acceptors (Lipinski definition) is 4. The van der Waals surface area contributed by atoms with Gasteiger partial charge in [-0.25, -0.2) is 0 Å². The van der Waals surface area contributed by atoms with Gasteiger partial charge in [0, 0.05) is 6.42 Å². The third-order valence-corrected chi connectivity index (χ3v) is 1.84. The molecule has 0 aromatic heterocycles. The molecule has 1 fully saturated rings. The van der Waals surface area contributed by atoms with Crippen molar-refractivity contribution in [2.45, 2.75) is 25.7 Å². The number of aliphatic carboxylic acids is 1. The molecular formula is C7H10O5. The Morgan fingerprint density at radius 3 is 2.42 bits per heavy atom. The van der Waals surface area contributed by atoms with Crippen molar-refractivity contribution in [3.05, 3.63) is 0 Å². The van der Waals surface area contributed by atoms with Gasteiger partial charge in [0.25, 0.3) is 0 Å². The zero-order chi connectivity index (χ0) is 9.30. The molecule has 5 nitrogen and oxygen atoms in total. The molecule has 0 aliphatic carbocycles. The largest absolute Gasteiger partial charge is 0.481 e. The van der Waals surface area contributed by atoms with Gasteiger partial charge < -0.3 is 14.9 Å². The molecule has 0 amide bonds. The number of aliphatic hydroxyl groups is 1. The second-order valence-electron chi connectivity index (χ2n) is 2.80. The first-order valence-electron chi connectivity index (χ1n) is 3.59. The molecule has 1 aliphatic rings. The molecule has 3 unspecified atom stereocenters. The van der Waals surface area contributed by atoms with Crippen LogP contribution < -0.4 is 0 Å². The maximum atomic E-state index is 10.8. The van der Waals surface area contributed by atoms with Crippen molar-refractivity contribution < 1.29 is 24.5 Å². The lowest BCUT2D eigenvalue weighted by atomic mass is 9.99. The maximum absolute atomic E-state index is 10.8. The van der Waals surface area contributed by atoms with Crippen LogP contribution in [0.3, 0.4) is 0 Å². The lowest BCUT2D eigenvalue weighted by Gasteiger charge is -2.09. The van der Waals surface area contributed by atoms with Gasteiger partial charge in [-0.15, -0.1) is 0 Å². The lowest BCUT2D eigenvalue weighted by molar-refractivity contribution is -0.150. The highest BCUT2D eigenvalue weighted by molar-refractivity contribution is 5.87. The Morgan fingerprint density at radius 2 is 2.08 bits per heavy atom. The van der Waals surface area contributed by atoms with Crippen LogP contribution in [0.4, 0.5) is 0 Å². The predicted molar refractivity (Wildman–Crippen MR) is 37.3 cm³/mol. The van der Waals surface area contributed by atoms with Gasteiger partial charge in [-0.2, -0.15) is 0 Å². The smallest absolute Gasteiger partial charge is 0.309 e. The summed E-state index contributed by atoms with van der Waals surface area (Å²) in [6, 6.07) is 0. The fraction of sp³-hybridized carbons (Fsp3) is 0.714. The topological polar surface area (TPSA) is 83.8 Å². The minimum absolute atomic E-state index is 0.0143. The van der Waals surface area contributed by atoms with Gasteiger partial charge >= 0.3 is 5.97 Å². The number of carboxylic acid groups (broad SMARTS) is 1. The third kappa shape index (κ3) is 1.62. The standard InChI is InChI=1S/C7H10O5/c1-3(8)6-4(7(10)11)2-5(9)12-6/h4-6,9H,2H2,1H3,(H,10,11). The van der Waals surface area contributed by atoms with Gasteiger partial charge in [0.15, 0.2) is 12.1 Å². The number of aliphatic hydroxyl groups excluding tert-OH is 1. The molecule has 3 atom stereocenters. The van der Waals surface area contributed by atoms with Crippen molar-refractivity contribution in [3.8, 4) is 0 Å². The minimum Gasteiger partial charge on any atom is -0.481 e. The van der Waals surface area contributed by atoms with Crippen molar-refractivity contribution in [1.82, 2.24) is 0 Å². The molecule has 0 aromatic rings. The number of carbonyl (C=O) groups is 2. The molecule has 0 saturated carbocycles. The van der Waals surface area contributed by atoms with Crippen LogP contribution in [0.2, 0.25) is 0 Å². The summed E-state index contributed by atoms with van der Waals surface area (Å²) in [6.45, 7) is 1.25. The van der Waals surface area contributed by atoms with Gasteiger partial charge in [-0.3, -0.25) is 9.59 Å². The number of carboxylic acids is 1. The highest BCUT2D eigenvalue weighted by Gasteiger charge is 2.41. The summed E-state index contributed by atoms with van der Waals surface area (Å²) in [7, 11) is 0. The first-order valence-corrected chi connectivity index (χ1v) is 3.59. The average molecular weight is 174 g/mol. The first-order chi connectivity index (χ1) is 5.52. The summed E-state index contributed by atoms with van der Waals surface area (Å²) in [4.78, 5) is 21.3. The number of hydrogen-bond donors (Lipinski definition) is 2. The van der Waals surface area contributed by atoms with E-state index >= 15 is 0 Å². The Kier molecular flexibility index (Phi) is 2.44. The zero-order valence-electron chi connectivity index (χ0n) is 6.56. The maximum Gasteiger partial charge on any atom is 0.309 e. The van der Waals surface area contributed by atoms with Crippen LogP contribution >= 0.6 is 0 Å². The molecule has 1 heterocycles. The van der Waals surface area contributed by atoms with Crippen LogP contribution in [0.1, 0.15) is 13.3 Å². The molecule has 0 bridgehead atoms. The Labute approximate surface area is 68.9 Å². The summed E-state index contributed by atoms with van der Waals surface area (Å²) >= 11 is 0. The van der Waals surface area contributed by atoms with Crippen LogP contribution in [-0.4, -0.2) is 34.4 Å². The Balaban J connectivity index is 2.72. The summed E-state index contributed by atoms with van der Waals surface area (Å²) in [6.07, 6.45) is -2.13. The number of rotatable bonds is 2. The Hall–Kier alpha value is -0.940. The van der Waals surface area contributed by atoms with E-state index in [1.807, 2.05) is 0 Å². The van der Waals surface area contributed by atoms with E-state index in [1.54, 1.807) is 0 Å². The highest BCUT2D eigenvalue weighted by Crippen LogP contribution is 2.25. The first kappa shape index (κ1) is 9.15. The predicted octanol–water partition coefficient (Wildman–Crippen LogP) is -0.616. The van der Waals surface area contributed by atoms with Gasteiger partial charge in [0.1, 0.15) is 6.10 Å². The molecule has 12 heavy (non-hydrogen) atoms. The monoisotopic (exact) mass is 174 g/mol. The Bertz CT molecular complexity index is 190. The van der Waals surface area contributed by atoms with Crippen molar-refractivity contribution in [1.29, 1.82) is 0 Å². The quantitative estimate of drug-likeness (QED) is 0.583. The average Bonchev–Trinajstić information content (AvgIpc) is 2.31. The van der Waals surface area contributed by atoms with E-state index in [-0.39, 0.29) is 12.2 Å². The molecule has 0 aromatic carbocycles. The van der Waals surface area contributed by atoms with Crippen molar-refractivity contribution in [2.75, 3.05) is 0 Å². The van der Waals surface area contributed by atoms with Crippen molar-refractivity contribution in [2.24, 2.45) is 5.92 Å². The van der Waals surface area contributed by atoms with E-state index < -0.39 is 24.3 Å². The second kappa shape index (κ2) is 3.20. The van der Waals surface area contributed by atoms with Gasteiger partial charge in [-0.05, 0) is 6.92 Å². The number of carbonyl (C=O) groups excluding carboxylic acids is 1. The van der Waals surface area contributed by atoms with Gasteiger partial charge in [-0.1, -0.05) is 0 Å². The molecule has 1 saturated heterocycles. The highest BCUT2D eigenvalue weighted by atomic mass is 16.6. The number of ether oxygens (including phenoxy) is 1. The Morgan fingerprint density at radius 1 is 1.50 bits per heavy atom. The molecule has 1 aliphatic heterocycles. The summed E-state index contributed by atoms with van der Waals surface area (Å²) in [5.74, 6) is -2.37. The van der Waals surface area contributed by atoms with Crippen LogP contribution in [-0.2, 0) is 14.3 Å². The summed E-state index contributed by atoms with van der Waals surface area (Å²) in [5.41, 5.74) is 0. The third-order valence-electron chi connectivity index (χ3n) is 1.84. The van der Waals surface area contributed by atoms with Crippen molar-refractivity contribution >= 4 is 11.8 Å². The van der Waals surface area contributed by atoms with E-state index in [4.69, 9.17) is 14.9 Å². The van der Waals surface area contributed by atoms with E-state index in [9.17, 15) is 9.59 Å². The number of ketones is 1. The molecule has 0 radical (unpaired) electrons. The SMILES string of the molecule is CC(=O)C1OC(O)CC1C(=O)O. The van der Waals surface area contributed by atoms with Crippen molar-refractivity contribution in [3.63, 3.8) is 0 Å². The van der Waals surface area contributed by atoms with Crippen LogP contribution in [0.5, 0.6) is 0 Å². The second-order valence-corrected chi connectivity index (χ2v) is 2.80. The molecule has 5 heteroatoms. The molecule has 0 spiro atoms. The normalized spacial score (nSPS) is 35.0. The lowest BCUT2D eigenvalue weighted by Crippen LogP contribution is -2.29. The van der Waals surface area contributed by atoms with E-state index in [2.05, 4.69) is 0 Å². The van der Waals surface area contributed by atoms with Crippen LogP contribution in [0.25, 0.3) is 0 Å². The summed E-state index contributed by atoms with van der Waals surface area (Å²) in [5, 5.41) is 17.5. The van der Waals surface area contributed by atoms with Crippen LogP contribution in [0, 0.1) is 5.92 Å². The molecular weight excluding hydrogens is 164 g/mol. The molecule has 2 N–H and O–H groups in total. The minimum atomic E-state index is -1.13. The molecule has 68 valence electrons. The summed E-state index contributed by atoms with van der Waals surface area (Å²) < 4.78 is 4.72. The van der Waals surface area contributed by atoms with Crippen LogP contribution in [0.15, 0.2) is 0 Å². The molecule has 1 rings (SSSR count). The van der Waals surface area contributed by atoms with Gasteiger partial charge in [0.05, 0.1) is 5.92 Å². The van der Waals surface area contributed by atoms with E-state index in [0.29, 0.717) is 0 Å². The van der Waals surface area contributed by atoms with Gasteiger partial charge in [0.2, 0.25) is 0 Å².